The van der Waals surface area contributed by atoms with Crippen LogP contribution in [0.15, 0.2) is 0 Å². The average molecular weight is 153 g/mol. The normalized spacial score (nSPS) is 9.55. The maximum absolute atomic E-state index is 8.31. The van der Waals surface area contributed by atoms with Gasteiger partial charge in [0.2, 0.25) is 0 Å². The van der Waals surface area contributed by atoms with Crippen molar-refractivity contribution in [3.8, 4) is 6.07 Å². The summed E-state index contributed by atoms with van der Waals surface area (Å²) < 4.78 is 0. The first-order valence-corrected chi connectivity index (χ1v) is 3.93. The molecule has 0 bridgehead atoms. The summed E-state index contributed by atoms with van der Waals surface area (Å²) in [6.07, 6.45) is 2.79. The van der Waals surface area contributed by atoms with Gasteiger partial charge in [0.1, 0.15) is 0 Å². The molecule has 0 aliphatic rings. The van der Waals surface area contributed by atoms with Gasteiger partial charge in [-0.1, -0.05) is 6.92 Å². The highest BCUT2D eigenvalue weighted by Gasteiger charge is 1.98. The Morgan fingerprint density at radius 1 is 1.55 bits per heavy atom. The summed E-state index contributed by atoms with van der Waals surface area (Å²) in [5.74, 6) is 0. The minimum atomic E-state index is 0.589. The minimum Gasteiger partial charge on any atom is -0.313 e. The zero-order valence-electron chi connectivity index (χ0n) is 7.01. The number of hydrogen-bond donors (Lipinski definition) is 1. The van der Waals surface area contributed by atoms with E-state index in [4.69, 9.17) is 10.7 Å². The fourth-order valence-electron chi connectivity index (χ4n) is 0.883. The van der Waals surface area contributed by atoms with E-state index < -0.39 is 0 Å². The van der Waals surface area contributed by atoms with Crippen molar-refractivity contribution in [2.45, 2.75) is 19.8 Å². The summed E-state index contributed by atoms with van der Waals surface area (Å²) in [6.45, 7) is 4.78. The molecule has 0 saturated carbocycles. The van der Waals surface area contributed by atoms with Crippen molar-refractivity contribution in [3.05, 3.63) is 0 Å². The lowest BCUT2D eigenvalue weighted by Gasteiger charge is -2.16. The number of nitriles is 1. The maximum Gasteiger partial charge on any atom is 0.0635 e. The predicted molar refractivity (Wildman–Crippen MR) is 45.7 cm³/mol. The molecule has 0 unspecified atom stereocenters. The molecule has 0 aliphatic carbocycles. The van der Waals surface area contributed by atoms with Gasteiger partial charge >= 0.3 is 0 Å². The van der Waals surface area contributed by atoms with Crippen LogP contribution in [0.2, 0.25) is 0 Å². The first kappa shape index (κ1) is 10.1. The van der Waals surface area contributed by atoms with E-state index in [0.717, 1.165) is 26.1 Å². The van der Waals surface area contributed by atoms with Gasteiger partial charge in [0.15, 0.2) is 0 Å². The largest absolute Gasteiger partial charge is 0.313 e. The summed E-state index contributed by atoms with van der Waals surface area (Å²) in [5, 5.41) is 15.1. The van der Waals surface area contributed by atoms with Gasteiger partial charge in [0.25, 0.3) is 0 Å². The van der Waals surface area contributed by atoms with Crippen molar-refractivity contribution >= 4 is 6.21 Å². The minimum absolute atomic E-state index is 0.589. The van der Waals surface area contributed by atoms with Gasteiger partial charge in [-0.3, -0.25) is 0 Å². The maximum atomic E-state index is 8.31. The van der Waals surface area contributed by atoms with Gasteiger partial charge in [-0.05, 0) is 19.2 Å². The van der Waals surface area contributed by atoms with Crippen LogP contribution in [0.1, 0.15) is 19.8 Å². The number of nitrogens with one attached hydrogen (secondary N) is 1. The quantitative estimate of drug-likeness (QED) is 0.584. The fraction of sp³-hybridized carbons (Fsp3) is 0.750. The van der Waals surface area contributed by atoms with E-state index in [1.54, 1.807) is 0 Å². The smallest absolute Gasteiger partial charge is 0.0635 e. The van der Waals surface area contributed by atoms with E-state index in [-0.39, 0.29) is 0 Å². The van der Waals surface area contributed by atoms with Crippen molar-refractivity contribution in [3.63, 3.8) is 0 Å². The molecular weight excluding hydrogens is 138 g/mol. The highest BCUT2D eigenvalue weighted by molar-refractivity contribution is 5.52. The lowest BCUT2D eigenvalue weighted by atomic mass is 10.3. The molecule has 0 saturated heterocycles. The molecule has 0 aromatic rings. The number of nitrogens with zero attached hydrogens (tertiary/aromatic N) is 2. The summed E-state index contributed by atoms with van der Waals surface area (Å²) >= 11 is 0. The highest BCUT2D eigenvalue weighted by atomic mass is 15.1. The molecule has 0 aromatic carbocycles. The molecule has 0 rings (SSSR count). The van der Waals surface area contributed by atoms with Crippen molar-refractivity contribution in [1.29, 1.82) is 10.7 Å². The Hall–Kier alpha value is -0.880. The van der Waals surface area contributed by atoms with Gasteiger partial charge in [-0.25, -0.2) is 0 Å². The van der Waals surface area contributed by atoms with Crippen LogP contribution in [0.25, 0.3) is 0 Å². The Kier molecular flexibility index (Phi) is 6.65. The molecule has 11 heavy (non-hydrogen) atoms. The van der Waals surface area contributed by atoms with Crippen LogP contribution < -0.4 is 0 Å². The molecule has 1 N–H and O–H groups in total. The van der Waals surface area contributed by atoms with Crippen LogP contribution in [0.4, 0.5) is 0 Å². The third-order valence-electron chi connectivity index (χ3n) is 1.58. The van der Waals surface area contributed by atoms with Crippen LogP contribution in [-0.2, 0) is 0 Å². The van der Waals surface area contributed by atoms with Gasteiger partial charge in [-0.15, -0.1) is 0 Å². The molecule has 0 fully saturated rings. The highest BCUT2D eigenvalue weighted by Crippen LogP contribution is 1.91. The fourth-order valence-corrected chi connectivity index (χ4v) is 0.883. The molecule has 0 spiro atoms. The van der Waals surface area contributed by atoms with Gasteiger partial charge in [0.05, 0.1) is 6.07 Å². The molecule has 0 aliphatic heterocycles. The summed E-state index contributed by atoms with van der Waals surface area (Å²) in [6, 6.07) is 2.11. The Morgan fingerprint density at radius 3 is 2.73 bits per heavy atom. The SMILES string of the molecule is CCN(CCC#N)CCC=N. The Morgan fingerprint density at radius 2 is 2.27 bits per heavy atom. The third kappa shape index (κ3) is 5.56. The van der Waals surface area contributed by atoms with E-state index in [2.05, 4.69) is 17.9 Å². The monoisotopic (exact) mass is 153 g/mol. The van der Waals surface area contributed by atoms with Crippen LogP contribution in [0.5, 0.6) is 0 Å². The number of hydrogen-bond acceptors (Lipinski definition) is 3. The summed E-state index contributed by atoms with van der Waals surface area (Å²) in [7, 11) is 0. The molecule has 0 atom stereocenters. The van der Waals surface area contributed by atoms with Gasteiger partial charge in [-0.2, -0.15) is 5.26 Å². The van der Waals surface area contributed by atoms with Crippen molar-refractivity contribution in [1.82, 2.24) is 4.90 Å². The standard InChI is InChI=1S/C8H15N3/c1-2-11(7-3-5-9)8-4-6-10/h5,9H,2-4,7-8H2,1H3. The zero-order valence-corrected chi connectivity index (χ0v) is 7.01. The lowest BCUT2D eigenvalue weighted by Crippen LogP contribution is -2.25. The molecule has 62 valence electrons. The molecule has 0 amide bonds. The van der Waals surface area contributed by atoms with Gasteiger partial charge in [0, 0.05) is 19.5 Å². The second kappa shape index (κ2) is 7.23. The van der Waals surface area contributed by atoms with E-state index in [1.165, 1.54) is 6.21 Å². The second-order valence-electron chi connectivity index (χ2n) is 2.34. The van der Waals surface area contributed by atoms with Crippen molar-refractivity contribution < 1.29 is 0 Å². The Bertz CT molecular complexity index is 137. The molecule has 3 heteroatoms. The van der Waals surface area contributed by atoms with Gasteiger partial charge < -0.3 is 10.3 Å². The third-order valence-corrected chi connectivity index (χ3v) is 1.58. The first-order valence-electron chi connectivity index (χ1n) is 3.93. The zero-order chi connectivity index (χ0) is 8.53. The molecular formula is C8H15N3. The average Bonchev–Trinajstić information content (AvgIpc) is 2.05. The van der Waals surface area contributed by atoms with Crippen LogP contribution in [0, 0.1) is 16.7 Å². The number of rotatable bonds is 6. The van der Waals surface area contributed by atoms with Crippen LogP contribution >= 0.6 is 0 Å². The van der Waals surface area contributed by atoms with Crippen molar-refractivity contribution in [2.75, 3.05) is 19.6 Å². The first-order chi connectivity index (χ1) is 5.35. The van der Waals surface area contributed by atoms with E-state index in [1.807, 2.05) is 0 Å². The Labute approximate surface area is 68.1 Å². The predicted octanol–water partition coefficient (Wildman–Crippen LogP) is 1.26. The second-order valence-corrected chi connectivity index (χ2v) is 2.34. The van der Waals surface area contributed by atoms with Crippen molar-refractivity contribution in [2.24, 2.45) is 0 Å². The Balaban J connectivity index is 3.42. The van der Waals surface area contributed by atoms with Crippen LogP contribution in [0.3, 0.4) is 0 Å². The van der Waals surface area contributed by atoms with E-state index >= 15 is 0 Å². The van der Waals surface area contributed by atoms with E-state index in [0.29, 0.717) is 6.42 Å². The summed E-state index contributed by atoms with van der Waals surface area (Å²) in [5.41, 5.74) is 0. The lowest BCUT2D eigenvalue weighted by molar-refractivity contribution is 0.304. The van der Waals surface area contributed by atoms with Crippen LogP contribution in [-0.4, -0.2) is 30.7 Å². The molecule has 0 radical (unpaired) electrons. The topological polar surface area (TPSA) is 50.9 Å². The van der Waals surface area contributed by atoms with E-state index in [9.17, 15) is 0 Å². The summed E-state index contributed by atoms with van der Waals surface area (Å²) in [4.78, 5) is 2.17. The molecule has 0 aromatic heterocycles. The molecule has 3 nitrogen and oxygen atoms in total. The molecule has 0 heterocycles.